The normalized spacial score (nSPS) is 10.1. The molecule has 0 spiro atoms. The molecule has 0 nitrogen and oxygen atoms in total. The summed E-state index contributed by atoms with van der Waals surface area (Å²) in [4.78, 5) is 0. The molecule has 2 rings (SSSR count). The molecule has 0 atom stereocenters. The second kappa shape index (κ2) is 6.26. The molecule has 0 saturated carbocycles. The number of rotatable bonds is 2. The standard InChI is InChI=1S/C18H22B.FH/c1-11-7-9-17(15(5)13(11)3)19-18-10-8-12(2)14(4)16(18)6;/h7-10H,1-6H3;1H. The third-order valence-electron chi connectivity index (χ3n) is 4.51. The molecule has 0 fully saturated rings. The summed E-state index contributed by atoms with van der Waals surface area (Å²) in [5.74, 6) is 0. The molecule has 2 heteroatoms. The van der Waals surface area contributed by atoms with Gasteiger partial charge in [0.05, 0.1) is 0 Å². The fraction of sp³-hybridized carbons (Fsp3) is 0.333. The van der Waals surface area contributed by atoms with Crippen molar-refractivity contribution in [3.05, 3.63) is 57.6 Å². The van der Waals surface area contributed by atoms with E-state index in [-0.39, 0.29) is 4.70 Å². The lowest BCUT2D eigenvalue weighted by Crippen LogP contribution is -2.32. The molecule has 0 unspecified atom stereocenters. The summed E-state index contributed by atoms with van der Waals surface area (Å²) in [7, 11) is 2.31. The van der Waals surface area contributed by atoms with Gasteiger partial charge in [0.1, 0.15) is 0 Å². The van der Waals surface area contributed by atoms with Gasteiger partial charge in [-0.15, -0.1) is 0 Å². The number of aryl methyl sites for hydroxylation is 2. The summed E-state index contributed by atoms with van der Waals surface area (Å²) < 4.78 is 0. The molecule has 0 aliphatic rings. The van der Waals surface area contributed by atoms with Gasteiger partial charge in [-0.3, -0.25) is 4.70 Å². The van der Waals surface area contributed by atoms with Gasteiger partial charge in [-0.05, 0) is 63.8 Å². The van der Waals surface area contributed by atoms with Crippen molar-refractivity contribution in [1.82, 2.24) is 0 Å². The molecule has 105 valence electrons. The van der Waals surface area contributed by atoms with Crippen LogP contribution in [0.15, 0.2) is 24.3 Å². The zero-order valence-corrected chi connectivity index (χ0v) is 13.3. The number of hydrogen-bond donors (Lipinski definition) is 0. The maximum Gasteiger partial charge on any atom is 0.192 e. The molecular formula is C18H23BF. The Kier molecular flexibility index (Phi) is 5.16. The lowest BCUT2D eigenvalue weighted by Gasteiger charge is -2.14. The first-order chi connectivity index (χ1) is 8.91. The fourth-order valence-electron chi connectivity index (χ4n) is 2.43. The van der Waals surface area contributed by atoms with Crippen LogP contribution in [0.25, 0.3) is 0 Å². The van der Waals surface area contributed by atoms with Gasteiger partial charge in [0.25, 0.3) is 0 Å². The second-order valence-electron chi connectivity index (χ2n) is 5.59. The minimum Gasteiger partial charge on any atom is -0.269 e. The third kappa shape index (κ3) is 2.95. The van der Waals surface area contributed by atoms with E-state index in [1.165, 1.54) is 44.3 Å². The van der Waals surface area contributed by atoms with Crippen molar-refractivity contribution in [2.24, 2.45) is 0 Å². The van der Waals surface area contributed by atoms with Crippen LogP contribution in [0.4, 0.5) is 4.70 Å². The van der Waals surface area contributed by atoms with Gasteiger partial charge < -0.3 is 0 Å². The predicted octanol–water partition coefficient (Wildman–Crippen LogP) is 3.34. The summed E-state index contributed by atoms with van der Waals surface area (Å²) in [6.07, 6.45) is 0. The highest BCUT2D eigenvalue weighted by Gasteiger charge is 2.09. The maximum absolute atomic E-state index is 2.31. The van der Waals surface area contributed by atoms with Crippen LogP contribution in [0, 0.1) is 41.5 Å². The number of hydrogen-bond acceptors (Lipinski definition) is 0. The van der Waals surface area contributed by atoms with E-state index in [1.54, 1.807) is 0 Å². The van der Waals surface area contributed by atoms with Crippen molar-refractivity contribution in [2.75, 3.05) is 0 Å². The molecule has 0 bridgehead atoms. The van der Waals surface area contributed by atoms with Crippen LogP contribution in [0.5, 0.6) is 0 Å². The Morgan fingerprint density at radius 3 is 1.25 bits per heavy atom. The smallest absolute Gasteiger partial charge is 0.192 e. The molecule has 0 saturated heterocycles. The van der Waals surface area contributed by atoms with Crippen LogP contribution >= 0.6 is 0 Å². The molecule has 0 heterocycles. The first-order valence-corrected chi connectivity index (χ1v) is 6.90. The quantitative estimate of drug-likeness (QED) is 0.733. The molecule has 0 aliphatic heterocycles. The highest BCUT2D eigenvalue weighted by atomic mass is 19.0. The highest BCUT2D eigenvalue weighted by Crippen LogP contribution is 2.11. The summed E-state index contributed by atoms with van der Waals surface area (Å²) in [6.45, 7) is 13.2. The van der Waals surface area contributed by atoms with Crippen LogP contribution in [0.1, 0.15) is 33.4 Å². The Balaban J connectivity index is 0.00000200. The Labute approximate surface area is 122 Å². The molecule has 0 N–H and O–H groups in total. The average molecular weight is 269 g/mol. The lowest BCUT2D eigenvalue weighted by molar-refractivity contribution is 1.11. The fourth-order valence-corrected chi connectivity index (χ4v) is 2.43. The summed E-state index contributed by atoms with van der Waals surface area (Å²) in [5.41, 5.74) is 11.0. The predicted molar refractivity (Wildman–Crippen MR) is 88.8 cm³/mol. The number of benzene rings is 2. The second-order valence-corrected chi connectivity index (χ2v) is 5.59. The van der Waals surface area contributed by atoms with Gasteiger partial charge in [-0.25, -0.2) is 0 Å². The molecule has 2 aromatic rings. The van der Waals surface area contributed by atoms with Gasteiger partial charge >= 0.3 is 0 Å². The Morgan fingerprint density at radius 2 is 0.900 bits per heavy atom. The number of halogens is 1. The van der Waals surface area contributed by atoms with Crippen LogP contribution in [0.2, 0.25) is 0 Å². The van der Waals surface area contributed by atoms with E-state index >= 15 is 0 Å². The third-order valence-corrected chi connectivity index (χ3v) is 4.51. The van der Waals surface area contributed by atoms with E-state index < -0.39 is 0 Å². The van der Waals surface area contributed by atoms with E-state index in [0.29, 0.717) is 0 Å². The molecule has 1 radical (unpaired) electrons. The SMILES string of the molecule is Cc1ccc([B]c2ccc(C)c(C)c2C)c(C)c1C.F. The van der Waals surface area contributed by atoms with E-state index in [4.69, 9.17) is 0 Å². The molecule has 2 aromatic carbocycles. The van der Waals surface area contributed by atoms with Gasteiger partial charge in [0, 0.05) is 0 Å². The van der Waals surface area contributed by atoms with Crippen LogP contribution in [0.3, 0.4) is 0 Å². The largest absolute Gasteiger partial charge is 0.269 e. The van der Waals surface area contributed by atoms with Gasteiger partial charge in [0.15, 0.2) is 7.28 Å². The van der Waals surface area contributed by atoms with Crippen molar-refractivity contribution in [1.29, 1.82) is 0 Å². The molecule has 0 aromatic heterocycles. The van der Waals surface area contributed by atoms with Gasteiger partial charge in [0.2, 0.25) is 0 Å². The minimum absolute atomic E-state index is 0. The molecule has 0 aliphatic carbocycles. The molecular weight excluding hydrogens is 246 g/mol. The highest BCUT2D eigenvalue weighted by molar-refractivity contribution is 6.68. The Morgan fingerprint density at radius 1 is 0.550 bits per heavy atom. The maximum atomic E-state index is 2.31. The van der Waals surface area contributed by atoms with Crippen molar-refractivity contribution >= 4 is 18.2 Å². The van der Waals surface area contributed by atoms with E-state index in [1.807, 2.05) is 0 Å². The topological polar surface area (TPSA) is 0 Å². The van der Waals surface area contributed by atoms with Crippen LogP contribution in [-0.4, -0.2) is 7.28 Å². The van der Waals surface area contributed by atoms with Crippen molar-refractivity contribution in [3.63, 3.8) is 0 Å². The van der Waals surface area contributed by atoms with Crippen molar-refractivity contribution in [2.45, 2.75) is 41.5 Å². The molecule has 0 amide bonds. The Bertz CT molecular complexity index is 574. The zero-order valence-electron chi connectivity index (χ0n) is 13.3. The van der Waals surface area contributed by atoms with E-state index in [2.05, 4.69) is 73.1 Å². The summed E-state index contributed by atoms with van der Waals surface area (Å²) in [6, 6.07) is 8.88. The van der Waals surface area contributed by atoms with Gasteiger partial charge in [-0.1, -0.05) is 46.3 Å². The van der Waals surface area contributed by atoms with Crippen LogP contribution in [-0.2, 0) is 0 Å². The Hall–Kier alpha value is -1.57. The van der Waals surface area contributed by atoms with Crippen molar-refractivity contribution in [3.8, 4) is 0 Å². The first-order valence-electron chi connectivity index (χ1n) is 6.90. The average Bonchev–Trinajstić information content (AvgIpc) is 2.39. The minimum atomic E-state index is 0. The van der Waals surface area contributed by atoms with Crippen LogP contribution < -0.4 is 10.9 Å². The summed E-state index contributed by atoms with van der Waals surface area (Å²) >= 11 is 0. The zero-order chi connectivity index (χ0) is 14.2. The molecule has 20 heavy (non-hydrogen) atoms. The lowest BCUT2D eigenvalue weighted by atomic mass is 9.60. The van der Waals surface area contributed by atoms with Crippen molar-refractivity contribution < 1.29 is 4.70 Å². The first kappa shape index (κ1) is 16.5. The van der Waals surface area contributed by atoms with Gasteiger partial charge in [-0.2, -0.15) is 0 Å². The summed E-state index contributed by atoms with van der Waals surface area (Å²) in [5, 5.41) is 0. The monoisotopic (exact) mass is 269 g/mol. The van der Waals surface area contributed by atoms with E-state index in [0.717, 1.165) is 0 Å². The van der Waals surface area contributed by atoms with E-state index in [9.17, 15) is 0 Å².